The minimum Gasteiger partial charge on any atom is -0.508 e. The fourth-order valence-corrected chi connectivity index (χ4v) is 5.49. The van der Waals surface area contributed by atoms with Crippen LogP contribution in [-0.4, -0.2) is 37.9 Å². The highest BCUT2D eigenvalue weighted by Gasteiger charge is 2.27. The molecular formula is C28H29FN4OS. The molecule has 0 bridgehead atoms. The molecule has 1 aliphatic heterocycles. The molecule has 0 amide bonds. The smallest absolute Gasteiger partial charge is 0.191 e. The van der Waals surface area contributed by atoms with Crippen molar-refractivity contribution >= 4 is 11.8 Å². The Morgan fingerprint density at radius 3 is 2.29 bits per heavy atom. The molecule has 4 aromatic rings. The largest absolute Gasteiger partial charge is 0.508 e. The SMILES string of the molecule is Oc1ccccc1CN1CCC(c2nnc(SCc3ccc(F)cc3)n2Cc2ccccc2)CC1. The molecule has 0 radical (unpaired) electrons. The summed E-state index contributed by atoms with van der Waals surface area (Å²) in [6.45, 7) is 3.40. The van der Waals surface area contributed by atoms with Gasteiger partial charge in [0.15, 0.2) is 5.16 Å². The molecule has 1 N–H and O–H groups in total. The summed E-state index contributed by atoms with van der Waals surface area (Å²) < 4.78 is 15.5. The van der Waals surface area contributed by atoms with Gasteiger partial charge in [-0.15, -0.1) is 10.2 Å². The number of aromatic nitrogens is 3. The highest BCUT2D eigenvalue weighted by Crippen LogP contribution is 2.32. The Morgan fingerprint density at radius 2 is 1.54 bits per heavy atom. The quantitative estimate of drug-likeness (QED) is 0.316. The highest BCUT2D eigenvalue weighted by molar-refractivity contribution is 7.98. The van der Waals surface area contributed by atoms with Crippen molar-refractivity contribution in [2.24, 2.45) is 0 Å². The van der Waals surface area contributed by atoms with Gasteiger partial charge >= 0.3 is 0 Å². The van der Waals surface area contributed by atoms with Crippen molar-refractivity contribution < 1.29 is 9.50 Å². The summed E-state index contributed by atoms with van der Waals surface area (Å²) in [4.78, 5) is 2.40. The van der Waals surface area contributed by atoms with Gasteiger partial charge < -0.3 is 9.67 Å². The molecular weight excluding hydrogens is 459 g/mol. The molecule has 0 saturated carbocycles. The third-order valence-electron chi connectivity index (χ3n) is 6.55. The third kappa shape index (κ3) is 5.92. The lowest BCUT2D eigenvalue weighted by atomic mass is 9.95. The normalized spacial score (nSPS) is 14.9. The van der Waals surface area contributed by atoms with Crippen molar-refractivity contribution in [3.63, 3.8) is 0 Å². The molecule has 1 aliphatic rings. The van der Waals surface area contributed by atoms with Crippen molar-refractivity contribution in [1.82, 2.24) is 19.7 Å². The molecule has 3 aromatic carbocycles. The van der Waals surface area contributed by atoms with E-state index in [1.54, 1.807) is 17.8 Å². The molecule has 7 heteroatoms. The van der Waals surface area contributed by atoms with E-state index in [0.29, 0.717) is 17.4 Å². The first-order chi connectivity index (χ1) is 17.2. The van der Waals surface area contributed by atoms with Gasteiger partial charge in [-0.25, -0.2) is 4.39 Å². The van der Waals surface area contributed by atoms with Crippen molar-refractivity contribution in [3.8, 4) is 5.75 Å². The number of aromatic hydroxyl groups is 1. The van der Waals surface area contributed by atoms with E-state index in [1.165, 1.54) is 17.7 Å². The van der Waals surface area contributed by atoms with E-state index in [4.69, 9.17) is 0 Å². The standard InChI is InChI=1S/C28H29FN4OS/c29-25-12-10-22(11-13-25)20-35-28-31-30-27(33(28)18-21-6-2-1-3-7-21)23-14-16-32(17-15-23)19-24-8-4-5-9-26(24)34/h1-13,23,34H,14-20H2. The molecule has 35 heavy (non-hydrogen) atoms. The van der Waals surface area contributed by atoms with Crippen molar-refractivity contribution in [3.05, 3.63) is 107 Å². The minimum atomic E-state index is -0.220. The molecule has 180 valence electrons. The van der Waals surface area contributed by atoms with Gasteiger partial charge in [-0.1, -0.05) is 72.4 Å². The van der Waals surface area contributed by atoms with Crippen LogP contribution in [-0.2, 0) is 18.8 Å². The average molecular weight is 489 g/mol. The van der Waals surface area contributed by atoms with Gasteiger partial charge in [-0.05, 0) is 55.3 Å². The van der Waals surface area contributed by atoms with Crippen LogP contribution in [0.1, 0.15) is 41.3 Å². The maximum absolute atomic E-state index is 13.3. The summed E-state index contributed by atoms with van der Waals surface area (Å²) in [5.74, 6) is 2.23. The number of rotatable bonds is 8. The molecule has 0 aliphatic carbocycles. The summed E-state index contributed by atoms with van der Waals surface area (Å²) in [5, 5.41) is 20.3. The van der Waals surface area contributed by atoms with E-state index in [1.807, 2.05) is 36.4 Å². The van der Waals surface area contributed by atoms with Gasteiger partial charge in [-0.3, -0.25) is 4.90 Å². The summed E-state index contributed by atoms with van der Waals surface area (Å²) in [5.41, 5.74) is 3.25. The number of para-hydroxylation sites is 1. The second-order valence-electron chi connectivity index (χ2n) is 9.01. The zero-order valence-electron chi connectivity index (χ0n) is 19.6. The molecule has 0 atom stereocenters. The Bertz CT molecular complexity index is 1240. The van der Waals surface area contributed by atoms with E-state index in [9.17, 15) is 9.50 Å². The molecule has 5 rings (SSSR count). The predicted molar refractivity (Wildman–Crippen MR) is 137 cm³/mol. The van der Waals surface area contributed by atoms with Crippen LogP contribution in [0.25, 0.3) is 0 Å². The fourth-order valence-electron chi connectivity index (χ4n) is 4.59. The number of hydrogen-bond acceptors (Lipinski definition) is 5. The van der Waals surface area contributed by atoms with Crippen molar-refractivity contribution in [2.45, 2.75) is 42.8 Å². The second-order valence-corrected chi connectivity index (χ2v) is 9.95. The van der Waals surface area contributed by atoms with Crippen LogP contribution < -0.4 is 0 Å². The lowest BCUT2D eigenvalue weighted by Crippen LogP contribution is -2.33. The van der Waals surface area contributed by atoms with Crippen molar-refractivity contribution in [2.75, 3.05) is 13.1 Å². The maximum atomic E-state index is 13.3. The number of likely N-dealkylation sites (tertiary alicyclic amines) is 1. The van der Waals surface area contributed by atoms with Crippen LogP contribution in [0.2, 0.25) is 0 Å². The molecule has 0 spiro atoms. The fraction of sp³-hybridized carbons (Fsp3) is 0.286. The second kappa shape index (κ2) is 11.1. The van der Waals surface area contributed by atoms with Crippen LogP contribution in [0.3, 0.4) is 0 Å². The van der Waals surface area contributed by atoms with Gasteiger partial charge in [0, 0.05) is 23.8 Å². The Balaban J connectivity index is 1.30. The zero-order valence-corrected chi connectivity index (χ0v) is 20.4. The van der Waals surface area contributed by atoms with E-state index in [-0.39, 0.29) is 5.82 Å². The first-order valence-electron chi connectivity index (χ1n) is 12.0. The first-order valence-corrected chi connectivity index (χ1v) is 13.0. The van der Waals surface area contributed by atoms with Crippen molar-refractivity contribution in [1.29, 1.82) is 0 Å². The van der Waals surface area contributed by atoms with Gasteiger partial charge in [0.05, 0.1) is 6.54 Å². The average Bonchev–Trinajstić information content (AvgIpc) is 3.28. The molecule has 5 nitrogen and oxygen atoms in total. The Hall–Kier alpha value is -3.16. The van der Waals surface area contributed by atoms with Gasteiger partial charge in [-0.2, -0.15) is 0 Å². The topological polar surface area (TPSA) is 54.2 Å². The number of halogens is 1. The minimum absolute atomic E-state index is 0.220. The molecule has 1 aromatic heterocycles. The lowest BCUT2D eigenvalue weighted by Gasteiger charge is -2.31. The van der Waals surface area contributed by atoms with E-state index >= 15 is 0 Å². The van der Waals surface area contributed by atoms with Crippen LogP contribution in [0, 0.1) is 5.82 Å². The predicted octanol–water partition coefficient (Wildman–Crippen LogP) is 5.84. The van der Waals surface area contributed by atoms with Crippen LogP contribution in [0.5, 0.6) is 5.75 Å². The Labute approximate surface area is 209 Å². The lowest BCUT2D eigenvalue weighted by molar-refractivity contribution is 0.198. The molecule has 0 unspecified atom stereocenters. The number of thioether (sulfide) groups is 1. The summed E-state index contributed by atoms with van der Waals surface area (Å²) >= 11 is 1.64. The number of phenols is 1. The van der Waals surface area contributed by atoms with Gasteiger partial charge in [0.2, 0.25) is 0 Å². The molecule has 1 fully saturated rings. The molecule has 1 saturated heterocycles. The van der Waals surface area contributed by atoms with Gasteiger partial charge in [0.25, 0.3) is 0 Å². The molecule has 2 heterocycles. The van der Waals surface area contributed by atoms with Crippen LogP contribution in [0.4, 0.5) is 4.39 Å². The van der Waals surface area contributed by atoms with Gasteiger partial charge in [0.1, 0.15) is 17.4 Å². The van der Waals surface area contributed by atoms with Crippen LogP contribution in [0.15, 0.2) is 84.0 Å². The number of phenolic OH excluding ortho intramolecular Hbond substituents is 1. The van der Waals surface area contributed by atoms with E-state index in [2.05, 4.69) is 43.9 Å². The first kappa shape index (κ1) is 23.6. The highest BCUT2D eigenvalue weighted by atomic mass is 32.2. The van der Waals surface area contributed by atoms with Crippen LogP contribution >= 0.6 is 11.8 Å². The third-order valence-corrected chi connectivity index (χ3v) is 7.59. The number of benzene rings is 3. The number of nitrogens with zero attached hydrogens (tertiary/aromatic N) is 4. The number of piperidine rings is 1. The monoisotopic (exact) mass is 488 g/mol. The number of hydrogen-bond donors (Lipinski definition) is 1. The van der Waals surface area contributed by atoms with E-state index in [0.717, 1.165) is 61.1 Å². The summed E-state index contributed by atoms with van der Waals surface area (Å²) in [6, 6.07) is 24.6. The summed E-state index contributed by atoms with van der Waals surface area (Å²) in [7, 11) is 0. The maximum Gasteiger partial charge on any atom is 0.191 e. The Kier molecular flexibility index (Phi) is 7.45. The Morgan fingerprint density at radius 1 is 0.829 bits per heavy atom. The van der Waals surface area contributed by atoms with E-state index < -0.39 is 0 Å². The summed E-state index contributed by atoms with van der Waals surface area (Å²) in [6.07, 6.45) is 2.01. The zero-order chi connectivity index (χ0) is 24.0.